The number of unbranched alkanes of at least 4 members (excludes halogenated alkanes) is 1. The van der Waals surface area contributed by atoms with E-state index in [1.165, 1.54) is 28.3 Å². The number of hydrogen-bond donors (Lipinski definition) is 2. The average Bonchev–Trinajstić information content (AvgIpc) is 2.61. The van der Waals surface area contributed by atoms with Gasteiger partial charge in [-0.2, -0.15) is 0 Å². The van der Waals surface area contributed by atoms with Crippen molar-refractivity contribution in [1.29, 1.82) is 0 Å². The number of anilines is 2. The zero-order valence-electron chi connectivity index (χ0n) is 15.2. The minimum absolute atomic E-state index is 0.00575. The molecule has 0 aliphatic heterocycles. The lowest BCUT2D eigenvalue weighted by molar-refractivity contribution is -0.117. The third kappa shape index (κ3) is 4.37. The fourth-order valence-electron chi connectivity index (χ4n) is 2.58. The second-order valence-corrected chi connectivity index (χ2v) is 7.38. The first-order valence-electron chi connectivity index (χ1n) is 8.48. The van der Waals surface area contributed by atoms with Gasteiger partial charge in [-0.1, -0.05) is 31.5 Å². The Kier molecular flexibility index (Phi) is 6.68. The number of carbonyl (C=O) groups is 1. The van der Waals surface area contributed by atoms with Gasteiger partial charge in [0.2, 0.25) is 5.91 Å². The van der Waals surface area contributed by atoms with Crippen LogP contribution in [-0.2, 0) is 11.3 Å². The third-order valence-corrected chi connectivity index (χ3v) is 5.12. The van der Waals surface area contributed by atoms with E-state index < -0.39 is 16.5 Å². The Morgan fingerprint density at radius 1 is 1.31 bits per heavy atom. The van der Waals surface area contributed by atoms with E-state index in [0.29, 0.717) is 6.54 Å². The lowest BCUT2D eigenvalue weighted by Gasteiger charge is -2.23. The number of nitrogen functional groups attached to an aromatic ring is 1. The molecule has 140 valence electrons. The molecule has 0 radical (unpaired) electrons. The van der Waals surface area contributed by atoms with Crippen molar-refractivity contribution in [2.24, 2.45) is 0 Å². The van der Waals surface area contributed by atoms with Gasteiger partial charge in [0.05, 0.1) is 5.25 Å². The molecule has 7 nitrogen and oxygen atoms in total. The third-order valence-electron chi connectivity index (χ3n) is 4.02. The zero-order valence-corrected chi connectivity index (χ0v) is 16.0. The van der Waals surface area contributed by atoms with Crippen molar-refractivity contribution in [3.63, 3.8) is 0 Å². The number of carbonyl (C=O) groups excluding carboxylic acids is 1. The first-order valence-corrected chi connectivity index (χ1v) is 9.36. The van der Waals surface area contributed by atoms with Gasteiger partial charge in [0.1, 0.15) is 5.82 Å². The second kappa shape index (κ2) is 8.75. The standard InChI is InChI=1S/C18H24N4O3S/c1-4-5-11-22-15(19)14(16(23)20-18(22)25)21(3)17(24)12(2)26-13-9-7-6-8-10-13/h6-10,12H,4-5,11,19H2,1-3H3,(H,20,23,25). The van der Waals surface area contributed by atoms with Crippen LogP contribution in [0.1, 0.15) is 26.7 Å². The van der Waals surface area contributed by atoms with Gasteiger partial charge in [-0.15, -0.1) is 11.8 Å². The minimum Gasteiger partial charge on any atom is -0.383 e. The van der Waals surface area contributed by atoms with Gasteiger partial charge in [0, 0.05) is 18.5 Å². The molecule has 0 aliphatic carbocycles. The summed E-state index contributed by atoms with van der Waals surface area (Å²) in [6.45, 7) is 4.15. The van der Waals surface area contributed by atoms with Crippen LogP contribution in [0, 0.1) is 0 Å². The van der Waals surface area contributed by atoms with Crippen LogP contribution in [0.5, 0.6) is 0 Å². The number of aromatic nitrogens is 2. The topological polar surface area (TPSA) is 101 Å². The number of thioether (sulfide) groups is 1. The monoisotopic (exact) mass is 376 g/mol. The Balaban J connectivity index is 2.30. The molecule has 2 rings (SSSR count). The molecule has 1 aromatic heterocycles. The molecule has 1 unspecified atom stereocenters. The van der Waals surface area contributed by atoms with Crippen LogP contribution in [0.25, 0.3) is 0 Å². The Bertz CT molecular complexity index is 876. The molecule has 0 bridgehead atoms. The predicted molar refractivity (Wildman–Crippen MR) is 106 cm³/mol. The summed E-state index contributed by atoms with van der Waals surface area (Å²) in [6.07, 6.45) is 1.62. The molecule has 0 saturated heterocycles. The maximum absolute atomic E-state index is 12.8. The van der Waals surface area contributed by atoms with Crippen molar-refractivity contribution < 1.29 is 4.79 Å². The van der Waals surface area contributed by atoms with Crippen molar-refractivity contribution in [3.8, 4) is 0 Å². The van der Waals surface area contributed by atoms with Crippen LogP contribution in [0.3, 0.4) is 0 Å². The summed E-state index contributed by atoms with van der Waals surface area (Å²) in [5, 5.41) is -0.419. The predicted octanol–water partition coefficient (Wildman–Crippen LogP) is 2.06. The Hall–Kier alpha value is -2.48. The molecular weight excluding hydrogens is 352 g/mol. The van der Waals surface area contributed by atoms with Gasteiger partial charge in [0.15, 0.2) is 5.69 Å². The molecule has 1 atom stereocenters. The van der Waals surface area contributed by atoms with Crippen LogP contribution in [-0.4, -0.2) is 27.8 Å². The number of hydrogen-bond acceptors (Lipinski definition) is 5. The summed E-state index contributed by atoms with van der Waals surface area (Å²) < 4.78 is 1.30. The quantitative estimate of drug-likeness (QED) is 0.720. The molecule has 0 aliphatic rings. The SMILES string of the molecule is CCCCn1c(N)c(N(C)C(=O)C(C)Sc2ccccc2)c(=O)[nH]c1=O. The fraction of sp³-hybridized carbons (Fsp3) is 0.389. The highest BCUT2D eigenvalue weighted by atomic mass is 32.2. The number of nitrogens with one attached hydrogen (secondary N) is 1. The molecule has 1 amide bonds. The summed E-state index contributed by atoms with van der Waals surface area (Å²) in [7, 11) is 1.50. The van der Waals surface area contributed by atoms with E-state index in [0.717, 1.165) is 17.7 Å². The number of rotatable bonds is 7. The second-order valence-electron chi connectivity index (χ2n) is 5.97. The Morgan fingerprint density at radius 2 is 1.96 bits per heavy atom. The molecule has 1 aromatic carbocycles. The van der Waals surface area contributed by atoms with Gasteiger partial charge in [-0.3, -0.25) is 19.1 Å². The molecule has 0 spiro atoms. The number of benzene rings is 1. The van der Waals surface area contributed by atoms with Gasteiger partial charge in [-0.05, 0) is 25.5 Å². The number of nitrogens with two attached hydrogens (primary N) is 1. The van der Waals surface area contributed by atoms with E-state index in [1.54, 1.807) is 6.92 Å². The van der Waals surface area contributed by atoms with E-state index in [1.807, 2.05) is 37.3 Å². The lowest BCUT2D eigenvalue weighted by Crippen LogP contribution is -2.41. The van der Waals surface area contributed by atoms with E-state index >= 15 is 0 Å². The zero-order chi connectivity index (χ0) is 19.3. The maximum Gasteiger partial charge on any atom is 0.330 e. The summed E-state index contributed by atoms with van der Waals surface area (Å²) in [4.78, 5) is 41.5. The van der Waals surface area contributed by atoms with E-state index in [2.05, 4.69) is 4.98 Å². The molecule has 1 heterocycles. The van der Waals surface area contributed by atoms with Gasteiger partial charge < -0.3 is 10.6 Å². The average molecular weight is 376 g/mol. The van der Waals surface area contributed by atoms with Crippen molar-refractivity contribution in [3.05, 3.63) is 51.2 Å². The number of H-pyrrole nitrogens is 1. The molecule has 8 heteroatoms. The van der Waals surface area contributed by atoms with Crippen LogP contribution in [0.15, 0.2) is 44.8 Å². The fourth-order valence-corrected chi connectivity index (χ4v) is 3.56. The van der Waals surface area contributed by atoms with Crippen molar-refractivity contribution in [2.75, 3.05) is 17.7 Å². The van der Waals surface area contributed by atoms with Gasteiger partial charge in [-0.25, -0.2) is 4.79 Å². The first kappa shape index (κ1) is 19.8. The highest BCUT2D eigenvalue weighted by Crippen LogP contribution is 2.26. The van der Waals surface area contributed by atoms with Gasteiger partial charge >= 0.3 is 5.69 Å². The van der Waals surface area contributed by atoms with Crippen LogP contribution in [0.4, 0.5) is 11.5 Å². The van der Waals surface area contributed by atoms with Crippen molar-refractivity contribution in [1.82, 2.24) is 9.55 Å². The summed E-state index contributed by atoms with van der Waals surface area (Å²) in [6, 6.07) is 9.54. The number of nitrogens with zero attached hydrogens (tertiary/aromatic N) is 2. The molecule has 26 heavy (non-hydrogen) atoms. The molecule has 2 aromatic rings. The largest absolute Gasteiger partial charge is 0.383 e. The first-order chi connectivity index (χ1) is 12.4. The van der Waals surface area contributed by atoms with Crippen LogP contribution in [0.2, 0.25) is 0 Å². The Morgan fingerprint density at radius 3 is 2.58 bits per heavy atom. The highest BCUT2D eigenvalue weighted by molar-refractivity contribution is 8.00. The smallest absolute Gasteiger partial charge is 0.330 e. The summed E-state index contributed by atoms with van der Waals surface area (Å²) in [5.74, 6) is -0.253. The highest BCUT2D eigenvalue weighted by Gasteiger charge is 2.25. The number of aromatic amines is 1. The lowest BCUT2D eigenvalue weighted by atomic mass is 10.3. The van der Waals surface area contributed by atoms with E-state index in [-0.39, 0.29) is 17.4 Å². The molecule has 3 N–H and O–H groups in total. The summed E-state index contributed by atoms with van der Waals surface area (Å²) >= 11 is 1.39. The van der Waals surface area contributed by atoms with E-state index in [4.69, 9.17) is 5.73 Å². The molecular formula is C18H24N4O3S. The maximum atomic E-state index is 12.8. The van der Waals surface area contributed by atoms with Crippen molar-refractivity contribution in [2.45, 2.75) is 43.4 Å². The Labute approximate surface area is 156 Å². The normalized spacial score (nSPS) is 12.0. The molecule has 0 saturated carbocycles. The van der Waals surface area contributed by atoms with E-state index in [9.17, 15) is 14.4 Å². The summed E-state index contributed by atoms with van der Waals surface area (Å²) in [5.41, 5.74) is 4.85. The number of amides is 1. The van der Waals surface area contributed by atoms with Gasteiger partial charge in [0.25, 0.3) is 5.56 Å². The minimum atomic E-state index is -0.659. The molecule has 0 fully saturated rings. The van der Waals surface area contributed by atoms with Crippen LogP contribution < -0.4 is 21.9 Å². The van der Waals surface area contributed by atoms with Crippen LogP contribution >= 0.6 is 11.8 Å². The van der Waals surface area contributed by atoms with Crippen molar-refractivity contribution >= 4 is 29.2 Å².